The average Bonchev–Trinajstić information content (AvgIpc) is 2.41. The molecule has 0 radical (unpaired) electrons. The molecule has 1 aliphatic rings. The van der Waals surface area contributed by atoms with Crippen LogP contribution < -0.4 is 4.74 Å². The molecule has 5 heteroatoms. The van der Waals surface area contributed by atoms with E-state index in [0.717, 1.165) is 18.7 Å². The smallest absolute Gasteiger partial charge is 0.311 e. The van der Waals surface area contributed by atoms with E-state index in [2.05, 4.69) is 11.8 Å². The molecule has 0 N–H and O–H groups in total. The third kappa shape index (κ3) is 3.23. The Morgan fingerprint density at radius 1 is 1.47 bits per heavy atom. The predicted molar refractivity (Wildman–Crippen MR) is 73.4 cm³/mol. The van der Waals surface area contributed by atoms with Gasteiger partial charge >= 0.3 is 5.69 Å². The highest BCUT2D eigenvalue weighted by atomic mass is 16.6. The molecular weight excluding hydrogens is 244 g/mol. The van der Waals surface area contributed by atoms with Gasteiger partial charge in [0.1, 0.15) is 0 Å². The maximum Gasteiger partial charge on any atom is 0.311 e. The fourth-order valence-corrected chi connectivity index (χ4v) is 2.60. The molecule has 1 aliphatic heterocycles. The Balaban J connectivity index is 2.16. The van der Waals surface area contributed by atoms with Crippen molar-refractivity contribution in [2.75, 3.05) is 13.7 Å². The van der Waals surface area contributed by atoms with Crippen molar-refractivity contribution < 1.29 is 9.66 Å². The van der Waals surface area contributed by atoms with Crippen molar-refractivity contribution in [3.63, 3.8) is 0 Å². The first kappa shape index (κ1) is 13.8. The van der Waals surface area contributed by atoms with Crippen LogP contribution in [0.4, 0.5) is 5.69 Å². The van der Waals surface area contributed by atoms with Crippen LogP contribution in [-0.2, 0) is 6.54 Å². The second kappa shape index (κ2) is 6.02. The summed E-state index contributed by atoms with van der Waals surface area (Å²) in [6.45, 7) is 4.06. The van der Waals surface area contributed by atoms with Crippen LogP contribution in [0.15, 0.2) is 18.2 Å². The minimum Gasteiger partial charge on any atom is -0.490 e. The Labute approximate surface area is 113 Å². The lowest BCUT2D eigenvalue weighted by molar-refractivity contribution is -0.385. The van der Waals surface area contributed by atoms with Crippen LogP contribution in [0, 0.1) is 10.1 Å². The van der Waals surface area contributed by atoms with E-state index in [1.54, 1.807) is 12.1 Å². The standard InChI is InChI=1S/C14H20N2O3/c1-11-5-3-4-8-15(11)10-12-6-7-14(19-2)13(9-12)16(17)18/h6-7,9,11H,3-5,8,10H2,1-2H3. The largest absolute Gasteiger partial charge is 0.490 e. The number of nitro groups is 1. The van der Waals surface area contributed by atoms with Gasteiger partial charge in [0.15, 0.2) is 5.75 Å². The summed E-state index contributed by atoms with van der Waals surface area (Å²) < 4.78 is 5.02. The average molecular weight is 264 g/mol. The number of nitrogens with zero attached hydrogens (tertiary/aromatic N) is 2. The lowest BCUT2D eigenvalue weighted by Gasteiger charge is -2.33. The van der Waals surface area contributed by atoms with Crippen LogP contribution in [0.25, 0.3) is 0 Å². The first-order chi connectivity index (χ1) is 9.11. The highest BCUT2D eigenvalue weighted by Gasteiger charge is 2.20. The fourth-order valence-electron chi connectivity index (χ4n) is 2.60. The number of rotatable bonds is 4. The Morgan fingerprint density at radius 2 is 2.26 bits per heavy atom. The number of benzene rings is 1. The normalized spacial score (nSPS) is 20.2. The van der Waals surface area contributed by atoms with E-state index < -0.39 is 0 Å². The zero-order valence-electron chi connectivity index (χ0n) is 11.5. The quantitative estimate of drug-likeness (QED) is 0.619. The van der Waals surface area contributed by atoms with Gasteiger partial charge in [-0.3, -0.25) is 15.0 Å². The van der Waals surface area contributed by atoms with Gasteiger partial charge in [-0.2, -0.15) is 0 Å². The first-order valence-electron chi connectivity index (χ1n) is 6.67. The SMILES string of the molecule is COc1ccc(CN2CCCCC2C)cc1[N+](=O)[O-]. The van der Waals surface area contributed by atoms with Crippen LogP contribution in [0.1, 0.15) is 31.7 Å². The molecule has 0 aromatic heterocycles. The Morgan fingerprint density at radius 3 is 2.89 bits per heavy atom. The molecule has 0 bridgehead atoms. The number of piperidine rings is 1. The number of ether oxygens (including phenoxy) is 1. The number of methoxy groups -OCH3 is 1. The van der Waals surface area contributed by atoms with Crippen molar-refractivity contribution in [2.45, 2.75) is 38.8 Å². The number of hydrogen-bond acceptors (Lipinski definition) is 4. The molecule has 104 valence electrons. The number of hydrogen-bond donors (Lipinski definition) is 0. The molecule has 1 saturated heterocycles. The zero-order chi connectivity index (χ0) is 13.8. The molecule has 0 aliphatic carbocycles. The summed E-state index contributed by atoms with van der Waals surface area (Å²) in [6.07, 6.45) is 3.70. The summed E-state index contributed by atoms with van der Waals surface area (Å²) in [5, 5.41) is 11.0. The lowest BCUT2D eigenvalue weighted by Crippen LogP contribution is -2.36. The molecular formula is C14H20N2O3. The summed E-state index contributed by atoms with van der Waals surface area (Å²) in [5.74, 6) is 0.320. The third-order valence-corrected chi connectivity index (χ3v) is 3.77. The van der Waals surface area contributed by atoms with Crippen molar-refractivity contribution in [1.29, 1.82) is 0 Å². The molecule has 1 heterocycles. The Hall–Kier alpha value is -1.62. The number of nitro benzene ring substituents is 1. The minimum atomic E-state index is -0.387. The van der Waals surface area contributed by atoms with Crippen molar-refractivity contribution >= 4 is 5.69 Å². The summed E-state index contributed by atoms with van der Waals surface area (Å²) in [5.41, 5.74) is 1.02. The first-order valence-corrected chi connectivity index (χ1v) is 6.67. The second-order valence-corrected chi connectivity index (χ2v) is 5.08. The van der Waals surface area contributed by atoms with E-state index in [9.17, 15) is 10.1 Å². The van der Waals surface area contributed by atoms with Crippen molar-refractivity contribution in [3.05, 3.63) is 33.9 Å². The maximum atomic E-state index is 11.0. The minimum absolute atomic E-state index is 0.0460. The topological polar surface area (TPSA) is 55.6 Å². The van der Waals surface area contributed by atoms with Crippen molar-refractivity contribution in [2.24, 2.45) is 0 Å². The van der Waals surface area contributed by atoms with Gasteiger partial charge in [0.2, 0.25) is 0 Å². The summed E-state index contributed by atoms with van der Waals surface area (Å²) in [7, 11) is 1.45. The number of likely N-dealkylation sites (tertiary alicyclic amines) is 1. The monoisotopic (exact) mass is 264 g/mol. The molecule has 1 aromatic rings. The van der Waals surface area contributed by atoms with Crippen LogP contribution in [-0.4, -0.2) is 29.5 Å². The van der Waals surface area contributed by atoms with Crippen LogP contribution in [0.2, 0.25) is 0 Å². The molecule has 0 amide bonds. The van der Waals surface area contributed by atoms with Gasteiger partial charge in [-0.05, 0) is 37.9 Å². The van der Waals surface area contributed by atoms with E-state index in [1.807, 2.05) is 6.07 Å². The molecule has 0 saturated carbocycles. The van der Waals surface area contributed by atoms with Crippen LogP contribution in [0.3, 0.4) is 0 Å². The highest BCUT2D eigenvalue weighted by Crippen LogP contribution is 2.29. The molecule has 1 aromatic carbocycles. The van der Waals surface area contributed by atoms with Crippen molar-refractivity contribution in [1.82, 2.24) is 4.90 Å². The van der Waals surface area contributed by atoms with Gasteiger partial charge in [-0.25, -0.2) is 0 Å². The Kier molecular flexibility index (Phi) is 4.37. The third-order valence-electron chi connectivity index (χ3n) is 3.77. The molecule has 0 spiro atoms. The van der Waals surface area contributed by atoms with E-state index >= 15 is 0 Å². The molecule has 5 nitrogen and oxygen atoms in total. The van der Waals surface area contributed by atoms with Crippen molar-refractivity contribution in [3.8, 4) is 5.75 Å². The Bertz CT molecular complexity index is 462. The molecule has 1 fully saturated rings. The van der Waals surface area contributed by atoms with Gasteiger partial charge in [0.25, 0.3) is 0 Å². The van der Waals surface area contributed by atoms with E-state index in [-0.39, 0.29) is 10.6 Å². The fraction of sp³-hybridized carbons (Fsp3) is 0.571. The highest BCUT2D eigenvalue weighted by molar-refractivity contribution is 5.48. The van der Waals surface area contributed by atoms with Gasteiger partial charge in [-0.15, -0.1) is 0 Å². The summed E-state index contributed by atoms with van der Waals surface area (Å²) >= 11 is 0. The molecule has 1 unspecified atom stereocenters. The van der Waals surface area contributed by atoms with Gasteiger partial charge in [0, 0.05) is 18.7 Å². The predicted octanol–water partition coefficient (Wildman–Crippen LogP) is 2.98. The summed E-state index contributed by atoms with van der Waals surface area (Å²) in [6, 6.07) is 5.77. The maximum absolute atomic E-state index is 11.0. The van der Waals surface area contributed by atoms with Crippen LogP contribution in [0.5, 0.6) is 5.75 Å². The molecule has 1 atom stereocenters. The van der Waals surface area contributed by atoms with E-state index in [1.165, 1.54) is 26.4 Å². The van der Waals surface area contributed by atoms with E-state index in [4.69, 9.17) is 4.74 Å². The van der Waals surface area contributed by atoms with Gasteiger partial charge in [-0.1, -0.05) is 12.5 Å². The summed E-state index contributed by atoms with van der Waals surface area (Å²) in [4.78, 5) is 13.0. The van der Waals surface area contributed by atoms with E-state index in [0.29, 0.717) is 11.8 Å². The van der Waals surface area contributed by atoms with Crippen LogP contribution >= 0.6 is 0 Å². The molecule has 2 rings (SSSR count). The molecule has 19 heavy (non-hydrogen) atoms. The van der Waals surface area contributed by atoms with Gasteiger partial charge in [0.05, 0.1) is 12.0 Å². The second-order valence-electron chi connectivity index (χ2n) is 5.08. The van der Waals surface area contributed by atoms with Gasteiger partial charge < -0.3 is 4.74 Å². The lowest BCUT2D eigenvalue weighted by atomic mass is 10.0. The zero-order valence-corrected chi connectivity index (χ0v) is 11.5.